The van der Waals surface area contributed by atoms with Crippen molar-refractivity contribution in [1.29, 1.82) is 0 Å². The molecule has 0 bridgehead atoms. The molecular formula is C22H28Cl5N3O2. The van der Waals surface area contributed by atoms with E-state index in [4.69, 9.17) is 45.3 Å². The number of alkyl halides is 3. The predicted molar refractivity (Wildman–Crippen MR) is 140 cm³/mol. The topological polar surface area (TPSA) is 80.1 Å². The quantitative estimate of drug-likeness (QED) is 0.323. The van der Waals surface area contributed by atoms with E-state index in [1.54, 1.807) is 7.11 Å². The Morgan fingerprint density at radius 1 is 1.06 bits per heavy atom. The van der Waals surface area contributed by atoms with Crippen molar-refractivity contribution in [2.75, 3.05) is 13.7 Å². The van der Waals surface area contributed by atoms with Gasteiger partial charge in [-0.25, -0.2) is 0 Å². The number of aromatic amines is 1. The number of hydrogen-bond donors (Lipinski definition) is 3. The molecule has 0 saturated carbocycles. The van der Waals surface area contributed by atoms with E-state index in [0.717, 1.165) is 23.3 Å². The molecule has 0 radical (unpaired) electrons. The Bertz CT molecular complexity index is 934. The molecule has 0 saturated heterocycles. The van der Waals surface area contributed by atoms with Crippen molar-refractivity contribution < 1.29 is 9.53 Å². The first-order chi connectivity index (χ1) is 14.4. The molecule has 4 N–H and O–H groups in total. The van der Waals surface area contributed by atoms with E-state index in [1.807, 2.05) is 48.7 Å². The molecule has 5 nitrogen and oxygen atoms in total. The van der Waals surface area contributed by atoms with Crippen molar-refractivity contribution in [2.24, 2.45) is 5.73 Å². The van der Waals surface area contributed by atoms with Crippen LogP contribution >= 0.6 is 59.6 Å². The Morgan fingerprint density at radius 2 is 1.69 bits per heavy atom. The number of H-pyrrole nitrogens is 1. The maximum absolute atomic E-state index is 12.1. The van der Waals surface area contributed by atoms with E-state index < -0.39 is 4.30 Å². The number of ether oxygens (including phenoxy) is 1. The second-order valence-electron chi connectivity index (χ2n) is 6.69. The third-order valence-electron chi connectivity index (χ3n) is 4.53. The van der Waals surface area contributed by atoms with Crippen LogP contribution in [-0.2, 0) is 17.6 Å². The number of nitrogens with one attached hydrogen (secondary N) is 2. The third kappa shape index (κ3) is 10.5. The highest BCUT2D eigenvalue weighted by atomic mass is 35.6. The van der Waals surface area contributed by atoms with E-state index in [9.17, 15) is 4.79 Å². The first-order valence-corrected chi connectivity index (χ1v) is 10.8. The molecule has 1 amide bonds. The summed E-state index contributed by atoms with van der Waals surface area (Å²) in [6, 6.07) is 15.8. The molecule has 0 aliphatic rings. The van der Waals surface area contributed by atoms with Gasteiger partial charge in [-0.15, -0.1) is 24.8 Å². The minimum atomic E-state index is -0.750. The van der Waals surface area contributed by atoms with Crippen molar-refractivity contribution in [2.45, 2.75) is 29.6 Å². The zero-order valence-electron chi connectivity index (χ0n) is 17.5. The van der Waals surface area contributed by atoms with Crippen LogP contribution in [0, 0.1) is 0 Å². The van der Waals surface area contributed by atoms with Gasteiger partial charge in [0.05, 0.1) is 7.11 Å². The largest absolute Gasteiger partial charge is 0.496 e. The molecule has 0 unspecified atom stereocenters. The monoisotopic (exact) mass is 541 g/mol. The van der Waals surface area contributed by atoms with Crippen LogP contribution in [0.1, 0.15) is 17.5 Å². The molecule has 1 aromatic heterocycles. The number of para-hydroxylation sites is 2. The number of aromatic nitrogens is 1. The number of carbonyl (C=O) groups is 1. The average molecular weight is 544 g/mol. The van der Waals surface area contributed by atoms with Gasteiger partial charge in [-0.1, -0.05) is 71.2 Å². The Balaban J connectivity index is 0.00000148. The number of amides is 1. The maximum Gasteiger partial charge on any atom is 0.220 e. The van der Waals surface area contributed by atoms with Crippen LogP contribution in [0.15, 0.2) is 54.7 Å². The minimum Gasteiger partial charge on any atom is -0.496 e. The van der Waals surface area contributed by atoms with Gasteiger partial charge in [0.25, 0.3) is 0 Å². The van der Waals surface area contributed by atoms with Gasteiger partial charge in [0.1, 0.15) is 5.75 Å². The molecule has 3 aromatic rings. The summed E-state index contributed by atoms with van der Waals surface area (Å²) in [6.07, 6.45) is 3.78. The van der Waals surface area contributed by atoms with Crippen molar-refractivity contribution in [1.82, 2.24) is 10.3 Å². The molecule has 0 fully saturated rings. The normalized spacial score (nSPS) is 10.9. The molecule has 10 heteroatoms. The maximum atomic E-state index is 12.1. The van der Waals surface area contributed by atoms with Crippen LogP contribution in [0.5, 0.6) is 5.75 Å². The lowest BCUT2D eigenvalue weighted by atomic mass is 10.1. The molecule has 0 aliphatic carbocycles. The van der Waals surface area contributed by atoms with Crippen molar-refractivity contribution in [3.05, 3.63) is 65.9 Å². The van der Waals surface area contributed by atoms with Gasteiger partial charge in [-0.2, -0.15) is 0 Å². The average Bonchev–Trinajstić information content (AvgIpc) is 3.13. The van der Waals surface area contributed by atoms with Gasteiger partial charge in [-0.3, -0.25) is 4.79 Å². The third-order valence-corrected chi connectivity index (χ3v) is 4.53. The number of methoxy groups -OCH3 is 1. The molecule has 2 aromatic carbocycles. The van der Waals surface area contributed by atoms with Gasteiger partial charge in [-0.05, 0) is 36.1 Å². The second-order valence-corrected chi connectivity index (χ2v) is 8.67. The second kappa shape index (κ2) is 16.3. The van der Waals surface area contributed by atoms with Crippen molar-refractivity contribution in [3.8, 4) is 5.75 Å². The highest BCUT2D eigenvalue weighted by Gasteiger charge is 2.11. The Hall–Kier alpha value is -1.34. The lowest BCUT2D eigenvalue weighted by Crippen LogP contribution is -2.38. The molecule has 32 heavy (non-hydrogen) atoms. The standard InChI is InChI=1S/C21H25N3O2.CHCl3.2ClH/c1-26-20-9-5-2-6-15(20)10-11-21(25)24-14-17(22)12-16-13-23-19-8-4-3-7-18(16)19;2-1(3)4;;/h2-9,13,17,23H,10-12,14,22H2,1H3,(H,24,25);1H;2*1H/t17-;;;/m1.../s1. The van der Waals surface area contributed by atoms with Crippen LogP contribution in [0.2, 0.25) is 0 Å². The van der Waals surface area contributed by atoms with Crippen LogP contribution in [0.25, 0.3) is 10.9 Å². The predicted octanol–water partition coefficient (Wildman–Crippen LogP) is 5.63. The van der Waals surface area contributed by atoms with E-state index in [0.29, 0.717) is 19.4 Å². The zero-order valence-corrected chi connectivity index (χ0v) is 21.4. The number of fused-ring (bicyclic) bond motifs is 1. The molecule has 3 rings (SSSR count). The van der Waals surface area contributed by atoms with Crippen LogP contribution in [0.3, 0.4) is 0 Å². The summed E-state index contributed by atoms with van der Waals surface area (Å²) >= 11 is 14.4. The fraction of sp³-hybridized carbons (Fsp3) is 0.318. The summed E-state index contributed by atoms with van der Waals surface area (Å²) in [4.78, 5) is 15.4. The van der Waals surface area contributed by atoms with Gasteiger partial charge >= 0.3 is 0 Å². The highest BCUT2D eigenvalue weighted by molar-refractivity contribution is 6.63. The lowest BCUT2D eigenvalue weighted by Gasteiger charge is -2.13. The molecule has 178 valence electrons. The Kier molecular flexibility index (Phi) is 15.6. The number of rotatable bonds is 8. The van der Waals surface area contributed by atoms with Gasteiger partial charge in [0.15, 0.2) is 4.30 Å². The number of halogens is 5. The molecular weight excluding hydrogens is 516 g/mol. The van der Waals surface area contributed by atoms with E-state index in [-0.39, 0.29) is 36.8 Å². The van der Waals surface area contributed by atoms with Gasteiger partial charge in [0, 0.05) is 36.1 Å². The fourth-order valence-corrected chi connectivity index (χ4v) is 3.15. The smallest absolute Gasteiger partial charge is 0.220 e. The first-order valence-electron chi connectivity index (χ1n) is 9.52. The number of nitrogens with two attached hydrogens (primary N) is 1. The molecule has 1 heterocycles. The van der Waals surface area contributed by atoms with Gasteiger partial charge < -0.3 is 20.8 Å². The molecule has 1 atom stereocenters. The first kappa shape index (κ1) is 30.7. The zero-order chi connectivity index (χ0) is 21.9. The number of hydrogen-bond acceptors (Lipinski definition) is 3. The van der Waals surface area contributed by atoms with Gasteiger partial charge in [0.2, 0.25) is 5.91 Å². The van der Waals surface area contributed by atoms with Crippen LogP contribution < -0.4 is 15.8 Å². The summed E-state index contributed by atoms with van der Waals surface area (Å²) in [5, 5.41) is 4.12. The lowest BCUT2D eigenvalue weighted by molar-refractivity contribution is -0.121. The Labute approximate surface area is 216 Å². The summed E-state index contributed by atoms with van der Waals surface area (Å²) in [5.74, 6) is 0.821. The summed E-state index contributed by atoms with van der Waals surface area (Å²) in [6.45, 7) is 0.463. The van der Waals surface area contributed by atoms with E-state index >= 15 is 0 Å². The minimum absolute atomic E-state index is 0. The SMILES string of the molecule is COc1ccccc1CCC(=O)NC[C@H](N)Cc1c[nH]c2ccccc12.Cl.Cl.ClC(Cl)Cl. The van der Waals surface area contributed by atoms with Crippen molar-refractivity contribution in [3.63, 3.8) is 0 Å². The number of carbonyl (C=O) groups excluding carboxylic acids is 1. The summed E-state index contributed by atoms with van der Waals surface area (Å²) < 4.78 is 4.57. The fourth-order valence-electron chi connectivity index (χ4n) is 3.15. The van der Waals surface area contributed by atoms with Crippen LogP contribution in [-0.4, -0.2) is 34.9 Å². The highest BCUT2D eigenvalue weighted by Crippen LogP contribution is 2.19. The summed E-state index contributed by atoms with van der Waals surface area (Å²) in [5.41, 5.74) is 9.53. The van der Waals surface area contributed by atoms with Crippen LogP contribution in [0.4, 0.5) is 0 Å². The molecule has 0 spiro atoms. The molecule has 0 aliphatic heterocycles. The number of benzene rings is 2. The van der Waals surface area contributed by atoms with E-state index in [2.05, 4.69) is 16.4 Å². The summed E-state index contributed by atoms with van der Waals surface area (Å²) in [7, 11) is 1.64. The van der Waals surface area contributed by atoms with E-state index in [1.165, 1.54) is 10.9 Å². The van der Waals surface area contributed by atoms with Crippen molar-refractivity contribution >= 4 is 76.4 Å². The Morgan fingerprint density at radius 3 is 2.38 bits per heavy atom. The number of aryl methyl sites for hydroxylation is 1.